The first-order valence-electron chi connectivity index (χ1n) is 6.61. The van der Waals surface area contributed by atoms with Gasteiger partial charge in [0, 0.05) is 5.69 Å². The molecule has 21 heavy (non-hydrogen) atoms. The Kier molecular flexibility index (Phi) is 3.28. The van der Waals surface area contributed by atoms with Gasteiger partial charge >= 0.3 is 5.97 Å². The molecule has 3 aromatic rings. The molecule has 0 unspecified atom stereocenters. The van der Waals surface area contributed by atoms with Crippen LogP contribution in [0.4, 0.5) is 0 Å². The van der Waals surface area contributed by atoms with Gasteiger partial charge in [0.1, 0.15) is 0 Å². The highest BCUT2D eigenvalue weighted by Gasteiger charge is 2.11. The van der Waals surface area contributed by atoms with Crippen molar-refractivity contribution >= 4 is 5.97 Å². The Morgan fingerprint density at radius 2 is 1.62 bits per heavy atom. The lowest BCUT2D eigenvalue weighted by molar-refractivity contribution is 0.0690. The van der Waals surface area contributed by atoms with Crippen LogP contribution >= 0.6 is 0 Å². The number of benzene rings is 2. The van der Waals surface area contributed by atoms with E-state index in [2.05, 4.69) is 17.2 Å². The van der Waals surface area contributed by atoms with Crippen LogP contribution in [0.1, 0.15) is 16.2 Å². The summed E-state index contributed by atoms with van der Waals surface area (Å²) in [6, 6.07) is 19.5. The van der Waals surface area contributed by atoms with Crippen molar-refractivity contribution in [3.63, 3.8) is 0 Å². The zero-order valence-electron chi connectivity index (χ0n) is 11.5. The van der Waals surface area contributed by atoms with Gasteiger partial charge in [-0.05, 0) is 36.2 Å². The van der Waals surface area contributed by atoms with Gasteiger partial charge in [-0.2, -0.15) is 5.10 Å². The number of aromatic nitrogens is 2. The zero-order valence-corrected chi connectivity index (χ0v) is 11.5. The summed E-state index contributed by atoms with van der Waals surface area (Å²) in [6.45, 7) is 1.84. The Labute approximate surface area is 122 Å². The first-order valence-corrected chi connectivity index (χ1v) is 6.61. The number of aryl methyl sites for hydroxylation is 1. The third kappa shape index (κ3) is 2.56. The summed E-state index contributed by atoms with van der Waals surface area (Å²) < 4.78 is 1.64. The molecule has 4 nitrogen and oxygen atoms in total. The quantitative estimate of drug-likeness (QED) is 0.797. The summed E-state index contributed by atoms with van der Waals surface area (Å²) >= 11 is 0. The second-order valence-electron chi connectivity index (χ2n) is 4.80. The monoisotopic (exact) mass is 278 g/mol. The largest absolute Gasteiger partial charge is 0.476 e. The molecule has 1 aromatic heterocycles. The lowest BCUT2D eigenvalue weighted by Gasteiger charge is -2.06. The molecule has 3 rings (SSSR count). The molecule has 0 radical (unpaired) electrons. The van der Waals surface area contributed by atoms with Crippen LogP contribution in [0.15, 0.2) is 60.7 Å². The van der Waals surface area contributed by atoms with Gasteiger partial charge in [-0.1, -0.05) is 42.5 Å². The molecule has 0 saturated carbocycles. The summed E-state index contributed by atoms with van der Waals surface area (Å²) in [5.74, 6) is -1.02. The van der Waals surface area contributed by atoms with Crippen molar-refractivity contribution in [2.75, 3.05) is 0 Å². The van der Waals surface area contributed by atoms with E-state index in [4.69, 9.17) is 5.11 Å². The number of carbonyl (C=O) groups is 1. The lowest BCUT2D eigenvalue weighted by atomic mass is 10.1. The number of carboxylic acid groups (broad SMARTS) is 1. The predicted molar refractivity (Wildman–Crippen MR) is 80.7 cm³/mol. The van der Waals surface area contributed by atoms with Crippen molar-refractivity contribution in [2.45, 2.75) is 6.92 Å². The number of nitrogens with zero attached hydrogens (tertiary/aromatic N) is 2. The minimum Gasteiger partial charge on any atom is -0.476 e. The number of carboxylic acids is 1. The van der Waals surface area contributed by atoms with Crippen LogP contribution in [0.3, 0.4) is 0 Å². The van der Waals surface area contributed by atoms with Gasteiger partial charge in [0.15, 0.2) is 5.69 Å². The summed E-state index contributed by atoms with van der Waals surface area (Å²) in [6.07, 6.45) is 0. The maximum Gasteiger partial charge on any atom is 0.356 e. The Bertz CT molecular complexity index is 774. The van der Waals surface area contributed by atoms with E-state index in [9.17, 15) is 4.79 Å². The zero-order chi connectivity index (χ0) is 14.8. The number of aromatic carboxylic acids is 1. The van der Waals surface area contributed by atoms with Gasteiger partial charge < -0.3 is 5.11 Å². The summed E-state index contributed by atoms with van der Waals surface area (Å²) in [4.78, 5) is 11.0. The fourth-order valence-corrected chi connectivity index (χ4v) is 2.27. The van der Waals surface area contributed by atoms with Crippen LogP contribution in [0.2, 0.25) is 0 Å². The van der Waals surface area contributed by atoms with E-state index >= 15 is 0 Å². The highest BCUT2D eigenvalue weighted by Crippen LogP contribution is 2.21. The van der Waals surface area contributed by atoms with Crippen LogP contribution in [-0.4, -0.2) is 20.9 Å². The fourth-order valence-electron chi connectivity index (χ4n) is 2.27. The Morgan fingerprint density at radius 3 is 2.19 bits per heavy atom. The van der Waals surface area contributed by atoms with Crippen molar-refractivity contribution in [1.82, 2.24) is 9.78 Å². The van der Waals surface area contributed by atoms with E-state index in [1.165, 1.54) is 0 Å². The third-order valence-electron chi connectivity index (χ3n) is 3.33. The maximum absolute atomic E-state index is 11.0. The molecule has 0 bridgehead atoms. The topological polar surface area (TPSA) is 55.1 Å². The Hall–Kier alpha value is -2.88. The summed E-state index contributed by atoms with van der Waals surface area (Å²) in [5.41, 5.74) is 3.95. The van der Waals surface area contributed by atoms with Crippen molar-refractivity contribution in [3.05, 3.63) is 72.1 Å². The maximum atomic E-state index is 11.0. The molecular formula is C17H14N2O2. The van der Waals surface area contributed by atoms with Crippen molar-refractivity contribution in [2.24, 2.45) is 0 Å². The molecule has 1 heterocycles. The van der Waals surface area contributed by atoms with Crippen LogP contribution < -0.4 is 0 Å². The molecule has 4 heteroatoms. The molecule has 0 amide bonds. The van der Waals surface area contributed by atoms with Crippen molar-refractivity contribution in [3.8, 4) is 16.8 Å². The summed E-state index contributed by atoms with van der Waals surface area (Å²) in [7, 11) is 0. The SMILES string of the molecule is Cc1cc(C(=O)O)nn1-c1ccc(-c2ccccc2)cc1. The third-order valence-corrected chi connectivity index (χ3v) is 3.33. The Balaban J connectivity index is 1.96. The fraction of sp³-hybridized carbons (Fsp3) is 0.0588. The first-order chi connectivity index (χ1) is 10.1. The van der Waals surface area contributed by atoms with E-state index < -0.39 is 5.97 Å². The van der Waals surface area contributed by atoms with Crippen LogP contribution in [0.5, 0.6) is 0 Å². The normalized spacial score (nSPS) is 10.5. The van der Waals surface area contributed by atoms with Crippen molar-refractivity contribution in [1.29, 1.82) is 0 Å². The molecular weight excluding hydrogens is 264 g/mol. The van der Waals surface area contributed by atoms with Crippen LogP contribution in [-0.2, 0) is 0 Å². The molecule has 104 valence electrons. The van der Waals surface area contributed by atoms with Gasteiger partial charge in [0.2, 0.25) is 0 Å². The summed E-state index contributed by atoms with van der Waals surface area (Å²) in [5, 5.41) is 13.1. The molecule has 0 aliphatic heterocycles. The smallest absolute Gasteiger partial charge is 0.356 e. The second kappa shape index (κ2) is 5.25. The van der Waals surface area contributed by atoms with Gasteiger partial charge in [-0.3, -0.25) is 0 Å². The standard InChI is InChI=1S/C17H14N2O2/c1-12-11-16(17(20)21)18-19(12)15-9-7-14(8-10-15)13-5-3-2-4-6-13/h2-11H,1H3,(H,20,21). The Morgan fingerprint density at radius 1 is 1.00 bits per heavy atom. The molecule has 0 fully saturated rings. The van der Waals surface area contributed by atoms with Crippen molar-refractivity contribution < 1.29 is 9.90 Å². The molecule has 2 aromatic carbocycles. The average Bonchev–Trinajstić information content (AvgIpc) is 2.91. The molecule has 0 aliphatic carbocycles. The second-order valence-corrected chi connectivity index (χ2v) is 4.80. The number of hydrogen-bond donors (Lipinski definition) is 1. The highest BCUT2D eigenvalue weighted by molar-refractivity contribution is 5.85. The van der Waals surface area contributed by atoms with E-state index in [-0.39, 0.29) is 5.69 Å². The van der Waals surface area contributed by atoms with E-state index in [0.29, 0.717) is 0 Å². The predicted octanol–water partition coefficient (Wildman–Crippen LogP) is 3.55. The van der Waals surface area contributed by atoms with E-state index in [0.717, 1.165) is 22.5 Å². The minimum atomic E-state index is -1.02. The molecule has 0 aliphatic rings. The van der Waals surface area contributed by atoms with Crippen LogP contribution in [0.25, 0.3) is 16.8 Å². The van der Waals surface area contributed by atoms with E-state index in [1.807, 2.05) is 49.4 Å². The number of rotatable bonds is 3. The first kappa shape index (κ1) is 13.1. The molecule has 0 spiro atoms. The lowest BCUT2D eigenvalue weighted by Crippen LogP contribution is -2.02. The van der Waals surface area contributed by atoms with Gasteiger partial charge in [0.25, 0.3) is 0 Å². The average molecular weight is 278 g/mol. The molecule has 1 N–H and O–H groups in total. The van der Waals surface area contributed by atoms with Gasteiger partial charge in [-0.15, -0.1) is 0 Å². The van der Waals surface area contributed by atoms with E-state index in [1.54, 1.807) is 10.7 Å². The van der Waals surface area contributed by atoms with Gasteiger partial charge in [-0.25, -0.2) is 9.48 Å². The minimum absolute atomic E-state index is 0.0552. The highest BCUT2D eigenvalue weighted by atomic mass is 16.4. The van der Waals surface area contributed by atoms with Gasteiger partial charge in [0.05, 0.1) is 5.69 Å². The number of hydrogen-bond acceptors (Lipinski definition) is 2. The molecule has 0 saturated heterocycles. The molecule has 0 atom stereocenters. The van der Waals surface area contributed by atoms with Crippen LogP contribution in [0, 0.1) is 6.92 Å².